The highest BCUT2D eigenvalue weighted by molar-refractivity contribution is 7.10. The van der Waals surface area contributed by atoms with E-state index in [1.165, 1.54) is 12.1 Å². The summed E-state index contributed by atoms with van der Waals surface area (Å²) in [4.78, 5) is 31.0. The zero-order valence-corrected chi connectivity index (χ0v) is 21.0. The zero-order valence-electron chi connectivity index (χ0n) is 20.2. The Morgan fingerprint density at radius 1 is 1.03 bits per heavy atom. The molecule has 3 aromatic rings. The maximum absolute atomic E-state index is 13.5. The second-order valence-electron chi connectivity index (χ2n) is 8.57. The molecule has 0 unspecified atom stereocenters. The van der Waals surface area contributed by atoms with Gasteiger partial charge < -0.3 is 15.1 Å². The number of hydrogen-bond acceptors (Lipinski definition) is 3. The number of thiophene rings is 1. The largest absolute Gasteiger partial charge is 0.332 e. The molecule has 0 aliphatic carbocycles. The lowest BCUT2D eigenvalue weighted by Crippen LogP contribution is -2.47. The number of nitrogens with one attached hydrogen (secondary N) is 1. The van der Waals surface area contributed by atoms with E-state index in [9.17, 15) is 14.0 Å². The van der Waals surface area contributed by atoms with Crippen molar-refractivity contribution < 1.29 is 14.0 Å². The fourth-order valence-electron chi connectivity index (χ4n) is 3.65. The number of urea groups is 1. The molecule has 1 aromatic heterocycles. The minimum atomic E-state index is -0.314. The van der Waals surface area contributed by atoms with Gasteiger partial charge in [0.15, 0.2) is 0 Å². The molecule has 0 spiro atoms. The fraction of sp³-hybridized carbons (Fsp3) is 0.333. The molecule has 1 heterocycles. The van der Waals surface area contributed by atoms with E-state index in [0.717, 1.165) is 33.7 Å². The van der Waals surface area contributed by atoms with Crippen molar-refractivity contribution >= 4 is 29.0 Å². The van der Waals surface area contributed by atoms with Crippen LogP contribution in [0.5, 0.6) is 0 Å². The van der Waals surface area contributed by atoms with Gasteiger partial charge in [0.25, 0.3) is 0 Å². The van der Waals surface area contributed by atoms with E-state index < -0.39 is 0 Å². The minimum Gasteiger partial charge on any atom is -0.332 e. The van der Waals surface area contributed by atoms with Crippen LogP contribution in [0.2, 0.25) is 0 Å². The number of nitrogens with zero attached hydrogens (tertiary/aromatic N) is 2. The van der Waals surface area contributed by atoms with Crippen LogP contribution in [0.3, 0.4) is 0 Å². The molecule has 0 aliphatic heterocycles. The number of carbonyl (C=O) groups is 2. The molecule has 3 rings (SSSR count). The van der Waals surface area contributed by atoms with Crippen molar-refractivity contribution in [1.29, 1.82) is 0 Å². The van der Waals surface area contributed by atoms with Crippen LogP contribution in [0.1, 0.15) is 42.3 Å². The van der Waals surface area contributed by atoms with E-state index in [1.54, 1.807) is 33.3 Å². The molecule has 0 fully saturated rings. The van der Waals surface area contributed by atoms with Gasteiger partial charge in [-0.15, -0.1) is 11.3 Å². The number of halogens is 1. The molecule has 3 amide bonds. The summed E-state index contributed by atoms with van der Waals surface area (Å²) in [5.74, 6) is -0.476. The first kappa shape index (κ1) is 25.4. The Balaban J connectivity index is 1.79. The molecule has 1 N–H and O–H groups in total. The number of amides is 3. The lowest BCUT2D eigenvalue weighted by atomic mass is 10.1. The van der Waals surface area contributed by atoms with Crippen molar-refractivity contribution in [3.05, 3.63) is 87.4 Å². The third-order valence-corrected chi connectivity index (χ3v) is 6.78. The molecule has 0 saturated carbocycles. The van der Waals surface area contributed by atoms with Gasteiger partial charge in [0.2, 0.25) is 5.91 Å². The molecule has 0 aliphatic rings. The molecular formula is C27H32FN3O2S. The lowest BCUT2D eigenvalue weighted by molar-refractivity contribution is -0.133. The Hall–Kier alpha value is -3.19. The molecule has 2 aromatic carbocycles. The molecule has 0 saturated heterocycles. The van der Waals surface area contributed by atoms with Crippen LogP contribution in [-0.2, 0) is 24.3 Å². The molecule has 7 heteroatoms. The molecule has 0 atom stereocenters. The van der Waals surface area contributed by atoms with Crippen LogP contribution < -0.4 is 5.32 Å². The van der Waals surface area contributed by atoms with Crippen molar-refractivity contribution in [1.82, 2.24) is 9.80 Å². The lowest BCUT2D eigenvalue weighted by Gasteiger charge is -2.30. The average molecular weight is 482 g/mol. The number of carbonyl (C=O) groups excluding carboxylic acids is 2. The van der Waals surface area contributed by atoms with Crippen molar-refractivity contribution in [2.75, 3.05) is 11.9 Å². The van der Waals surface area contributed by atoms with Gasteiger partial charge in [-0.3, -0.25) is 4.79 Å². The predicted octanol–water partition coefficient (Wildman–Crippen LogP) is 6.23. The summed E-state index contributed by atoms with van der Waals surface area (Å²) in [6.07, 6.45) is 0.794. The highest BCUT2D eigenvalue weighted by Crippen LogP contribution is 2.21. The highest BCUT2D eigenvalue weighted by atomic mass is 32.1. The summed E-state index contributed by atoms with van der Waals surface area (Å²) in [6.45, 7) is 8.57. The van der Waals surface area contributed by atoms with Gasteiger partial charge in [0.1, 0.15) is 12.4 Å². The van der Waals surface area contributed by atoms with Crippen LogP contribution in [0, 0.1) is 12.7 Å². The minimum absolute atomic E-state index is 0.0522. The summed E-state index contributed by atoms with van der Waals surface area (Å²) < 4.78 is 13.4. The Bertz CT molecular complexity index is 1110. The summed E-state index contributed by atoms with van der Waals surface area (Å²) in [6, 6.07) is 15.4. The number of anilines is 1. The fourth-order valence-corrected chi connectivity index (χ4v) is 4.57. The summed E-state index contributed by atoms with van der Waals surface area (Å²) >= 11 is 1.60. The second kappa shape index (κ2) is 11.8. The van der Waals surface area contributed by atoms with Crippen LogP contribution in [0.15, 0.2) is 60.0 Å². The van der Waals surface area contributed by atoms with E-state index >= 15 is 0 Å². The van der Waals surface area contributed by atoms with E-state index in [4.69, 9.17) is 0 Å². The van der Waals surface area contributed by atoms with Gasteiger partial charge >= 0.3 is 6.03 Å². The Morgan fingerprint density at radius 3 is 2.35 bits per heavy atom. The first-order chi connectivity index (χ1) is 16.3. The molecule has 180 valence electrons. The Morgan fingerprint density at radius 2 is 1.74 bits per heavy atom. The van der Waals surface area contributed by atoms with Crippen LogP contribution in [0.25, 0.3) is 0 Å². The monoisotopic (exact) mass is 481 g/mol. The third-order valence-electron chi connectivity index (χ3n) is 5.77. The number of para-hydroxylation sites is 1. The molecule has 0 radical (unpaired) electrons. The zero-order chi connectivity index (χ0) is 24.7. The summed E-state index contributed by atoms with van der Waals surface area (Å²) in [5.41, 5.74) is 3.75. The molecule has 34 heavy (non-hydrogen) atoms. The van der Waals surface area contributed by atoms with Crippen molar-refractivity contribution in [2.24, 2.45) is 0 Å². The molecular weight excluding hydrogens is 449 g/mol. The van der Waals surface area contributed by atoms with Crippen molar-refractivity contribution in [2.45, 2.75) is 53.2 Å². The van der Waals surface area contributed by atoms with Gasteiger partial charge in [0.05, 0.1) is 6.54 Å². The summed E-state index contributed by atoms with van der Waals surface area (Å²) in [5, 5.41) is 4.98. The number of rotatable bonds is 9. The van der Waals surface area contributed by atoms with Crippen molar-refractivity contribution in [3.8, 4) is 0 Å². The van der Waals surface area contributed by atoms with Crippen molar-refractivity contribution in [3.63, 3.8) is 0 Å². The van der Waals surface area contributed by atoms with E-state index in [2.05, 4.69) is 5.32 Å². The van der Waals surface area contributed by atoms with Crippen LogP contribution in [-0.4, -0.2) is 34.3 Å². The maximum Gasteiger partial charge on any atom is 0.322 e. The highest BCUT2D eigenvalue weighted by Gasteiger charge is 2.25. The first-order valence-electron chi connectivity index (χ1n) is 11.5. The standard InChI is InChI=1S/C27H32FN3O2S/c1-5-22-8-6-7-9-24(22)29-27(33)31(19(2)3)18-26(32)30(17-25-20(4)14-15-34-25)16-21-10-12-23(28)13-11-21/h6-15,19H,5,16-18H2,1-4H3,(H,29,33). The number of hydrogen-bond donors (Lipinski definition) is 1. The Labute approximate surface area is 205 Å². The topological polar surface area (TPSA) is 52.7 Å². The van der Waals surface area contributed by atoms with Gasteiger partial charge in [-0.2, -0.15) is 0 Å². The smallest absolute Gasteiger partial charge is 0.322 e. The predicted molar refractivity (Wildman–Crippen MR) is 136 cm³/mol. The number of aryl methyl sites for hydroxylation is 2. The maximum atomic E-state index is 13.5. The summed E-state index contributed by atoms with van der Waals surface area (Å²) in [7, 11) is 0. The van der Waals surface area contributed by atoms with Crippen LogP contribution in [0.4, 0.5) is 14.9 Å². The SMILES string of the molecule is CCc1ccccc1NC(=O)N(CC(=O)N(Cc1ccc(F)cc1)Cc1sccc1C)C(C)C. The van der Waals surface area contributed by atoms with Gasteiger partial charge in [-0.05, 0) is 73.5 Å². The Kier molecular flexibility index (Phi) is 8.82. The third kappa shape index (κ3) is 6.67. The quantitative estimate of drug-likeness (QED) is 0.394. The van der Waals surface area contributed by atoms with Gasteiger partial charge in [-0.1, -0.05) is 37.3 Å². The average Bonchev–Trinajstić information content (AvgIpc) is 3.22. The van der Waals surface area contributed by atoms with Gasteiger partial charge in [-0.25, -0.2) is 9.18 Å². The van der Waals surface area contributed by atoms with E-state index in [-0.39, 0.29) is 30.3 Å². The van der Waals surface area contributed by atoms with Gasteiger partial charge in [0, 0.05) is 23.2 Å². The van der Waals surface area contributed by atoms with E-state index in [0.29, 0.717) is 13.1 Å². The first-order valence-corrected chi connectivity index (χ1v) is 12.4. The second-order valence-corrected chi connectivity index (χ2v) is 9.57. The molecule has 0 bridgehead atoms. The normalized spacial score (nSPS) is 10.9. The molecule has 5 nitrogen and oxygen atoms in total. The number of benzene rings is 2. The van der Waals surface area contributed by atoms with Crippen LogP contribution >= 0.6 is 11.3 Å². The van der Waals surface area contributed by atoms with E-state index in [1.807, 2.05) is 63.4 Å².